The van der Waals surface area contributed by atoms with E-state index in [0.717, 1.165) is 0 Å². The summed E-state index contributed by atoms with van der Waals surface area (Å²) in [5, 5.41) is 0. The molecule has 0 bridgehead atoms. The summed E-state index contributed by atoms with van der Waals surface area (Å²) in [5.41, 5.74) is 0. The third-order valence-electron chi connectivity index (χ3n) is 0. The molecule has 1 unspecified atom stereocenters. The van der Waals surface area contributed by atoms with Crippen molar-refractivity contribution in [1.82, 2.24) is 0 Å². The maximum absolute atomic E-state index is 0. The molecule has 0 amide bonds. The van der Waals surface area contributed by atoms with E-state index in [1.165, 1.54) is 0 Å². The first-order valence-electron chi connectivity index (χ1n) is 0. The molecular formula is H83O40PW12. The Morgan fingerprint density at radius 2 is 0.0566 bits per heavy atom. The monoisotopic (exact) mass is 2960 g/mol. The molecule has 40 nitrogen and oxygen atoms in total. The number of rotatable bonds is 0. The molecule has 0 aromatic heterocycles. The van der Waals surface area contributed by atoms with Crippen molar-refractivity contribution in [2.75, 3.05) is 0 Å². The van der Waals surface area contributed by atoms with Gasteiger partial charge in [0.2, 0.25) is 0 Å². The summed E-state index contributed by atoms with van der Waals surface area (Å²) in [6.45, 7) is 0. The van der Waals surface area contributed by atoms with Crippen LogP contribution in [0.3, 0.4) is 0 Å². The van der Waals surface area contributed by atoms with Crippen LogP contribution in [0.15, 0.2) is 0 Å². The quantitative estimate of drug-likeness (QED) is 0.204. The molecule has 0 aromatic rings. The number of hydrogen-bond acceptors (Lipinski definition) is 0. The average Bonchev–Trinajstić information content (AvgIpc) is 0. The van der Waals surface area contributed by atoms with Gasteiger partial charge in [-0.15, -0.1) is 0 Å². The Kier molecular flexibility index (Phi) is 312000. The predicted octanol–water partition coefficient (Wildman–Crippen LogP) is -33.0. The molecular weight excluding hydrogens is 2880 g/mol. The zero-order chi connectivity index (χ0) is 0. The Morgan fingerprint density at radius 1 is 0.0566 bits per heavy atom. The van der Waals surface area contributed by atoms with Crippen molar-refractivity contribution in [1.29, 1.82) is 0 Å². The van der Waals surface area contributed by atoms with E-state index in [0.29, 0.717) is 0 Å². The molecule has 400 valence electrons. The van der Waals surface area contributed by atoms with Crippen LogP contribution >= 0.6 is 9.90 Å². The van der Waals surface area contributed by atoms with Crippen LogP contribution in [-0.2, 0) is 253 Å². The van der Waals surface area contributed by atoms with Crippen molar-refractivity contribution in [2.45, 2.75) is 0 Å². The Morgan fingerprint density at radius 3 is 0.0566 bits per heavy atom. The summed E-state index contributed by atoms with van der Waals surface area (Å²) in [5.74, 6) is 0. The molecule has 0 radical (unpaired) electrons. The van der Waals surface area contributed by atoms with Crippen LogP contribution < -0.4 is 0 Å². The first-order chi connectivity index (χ1) is 0. The van der Waals surface area contributed by atoms with Gasteiger partial charge < -0.3 is 219 Å². The second kappa shape index (κ2) is 3970. The van der Waals surface area contributed by atoms with Crippen LogP contribution in [-0.4, -0.2) is 219 Å². The largest absolute Gasteiger partial charge is 0.412 e. The second-order valence-electron chi connectivity index (χ2n) is 0. The topological polar surface area (TPSA) is 1260 Å². The van der Waals surface area contributed by atoms with Gasteiger partial charge in [-0.3, -0.25) is 0 Å². The molecule has 0 rings (SSSR count). The predicted molar refractivity (Wildman–Crippen MR) is 156 cm³/mol. The summed E-state index contributed by atoms with van der Waals surface area (Å²) >= 11 is 0. The van der Waals surface area contributed by atoms with Gasteiger partial charge in [0.05, 0.1) is 0 Å². The molecule has 0 saturated heterocycles. The molecule has 53 heteroatoms. The molecule has 0 aliphatic carbocycles. The fraction of sp³-hybridized carbons (Fsp3) is 0. The minimum atomic E-state index is 0. The molecule has 0 fully saturated rings. The minimum Gasteiger partial charge on any atom is -0.412 e. The van der Waals surface area contributed by atoms with Crippen molar-refractivity contribution in [3.8, 4) is 0 Å². The maximum Gasteiger partial charge on any atom is 0 e. The molecule has 0 spiro atoms. The third kappa shape index (κ3) is 3830. The van der Waals surface area contributed by atoms with Crippen molar-refractivity contribution in [2.24, 2.45) is 0 Å². The van der Waals surface area contributed by atoms with Crippen LogP contribution in [0.25, 0.3) is 0 Å². The van der Waals surface area contributed by atoms with E-state index >= 15 is 0 Å². The fourth-order valence-electron chi connectivity index (χ4n) is 0. The Labute approximate surface area is 475 Å². The SMILES string of the molecule is O.O.O.O.O.O.O.O.O.O.O.O.O.O.O.O.O.O.O.O.O.O.O.O.O.O.O.O.O.O.O.O.O.O.O.O.O.O.O.O.P.[W].[W].[W].[W].[W].[W].[W].[W].[W].[W].[W].[W]. The van der Waals surface area contributed by atoms with E-state index in [2.05, 4.69) is 0 Å². The van der Waals surface area contributed by atoms with E-state index in [9.17, 15) is 0 Å². The second-order valence-corrected chi connectivity index (χ2v) is 0. The molecule has 0 saturated carbocycles. The molecule has 0 aliphatic rings. The van der Waals surface area contributed by atoms with Crippen LogP contribution in [0, 0.1) is 0 Å². The third-order valence-corrected chi connectivity index (χ3v) is 0. The van der Waals surface area contributed by atoms with E-state index in [4.69, 9.17) is 0 Å². The van der Waals surface area contributed by atoms with Gasteiger partial charge in [0.15, 0.2) is 0 Å². The van der Waals surface area contributed by atoms with Gasteiger partial charge >= 0.3 is 0 Å². The molecule has 53 heavy (non-hydrogen) atoms. The van der Waals surface area contributed by atoms with Crippen LogP contribution in [0.2, 0.25) is 0 Å². The average molecular weight is 2960 g/mol. The molecule has 80 N–H and O–H groups in total. The van der Waals surface area contributed by atoms with Gasteiger partial charge in [-0.05, 0) is 0 Å². The first kappa shape index (κ1) is 4170. The van der Waals surface area contributed by atoms with Crippen molar-refractivity contribution >= 4 is 9.90 Å². The van der Waals surface area contributed by atoms with Crippen molar-refractivity contribution in [3.05, 3.63) is 0 Å². The molecule has 0 aliphatic heterocycles. The first-order valence-corrected chi connectivity index (χ1v) is 0. The summed E-state index contributed by atoms with van der Waals surface area (Å²) in [7, 11) is 0. The Balaban J connectivity index is 0. The van der Waals surface area contributed by atoms with Crippen LogP contribution in [0.1, 0.15) is 0 Å². The molecule has 0 heterocycles. The molecule has 0 aromatic carbocycles. The van der Waals surface area contributed by atoms with E-state index in [1.807, 2.05) is 0 Å². The smallest absolute Gasteiger partial charge is 0 e. The van der Waals surface area contributed by atoms with Gasteiger partial charge in [0, 0.05) is 253 Å². The Bertz CT molecular complexity index is 47.7. The summed E-state index contributed by atoms with van der Waals surface area (Å²) in [4.78, 5) is 0. The van der Waals surface area contributed by atoms with E-state index < -0.39 is 0 Å². The van der Waals surface area contributed by atoms with Crippen LogP contribution in [0.4, 0.5) is 0 Å². The summed E-state index contributed by atoms with van der Waals surface area (Å²) < 4.78 is 0. The Hall–Kier alpha value is 7.09. The van der Waals surface area contributed by atoms with Crippen LogP contribution in [0.5, 0.6) is 0 Å². The minimum absolute atomic E-state index is 0. The van der Waals surface area contributed by atoms with Crippen molar-refractivity contribution < 1.29 is 472 Å². The van der Waals surface area contributed by atoms with Gasteiger partial charge in [0.1, 0.15) is 0 Å². The van der Waals surface area contributed by atoms with E-state index in [-0.39, 0.29) is 482 Å². The normalized spacial score (nSPS) is 0. The van der Waals surface area contributed by atoms with Crippen molar-refractivity contribution in [3.63, 3.8) is 0 Å². The van der Waals surface area contributed by atoms with Gasteiger partial charge in [0.25, 0.3) is 0 Å². The van der Waals surface area contributed by atoms with Gasteiger partial charge in [-0.1, -0.05) is 0 Å². The number of hydrogen-bond donors (Lipinski definition) is 0. The van der Waals surface area contributed by atoms with Gasteiger partial charge in [-0.2, -0.15) is 9.90 Å². The summed E-state index contributed by atoms with van der Waals surface area (Å²) in [6.07, 6.45) is 0. The maximum atomic E-state index is 0. The van der Waals surface area contributed by atoms with Gasteiger partial charge in [-0.25, -0.2) is 0 Å². The fourth-order valence-corrected chi connectivity index (χ4v) is 0. The zero-order valence-electron chi connectivity index (χ0n) is 25.6. The van der Waals surface area contributed by atoms with E-state index in [1.54, 1.807) is 0 Å². The molecule has 1 atom stereocenters. The standard InChI is InChI=1S/40H2O.H3P.12W/h40*1H2;1H3;;;;;;;;;;;;. The summed E-state index contributed by atoms with van der Waals surface area (Å²) in [6, 6.07) is 0. The zero-order valence-corrected chi connectivity index (χ0v) is 62.2.